The van der Waals surface area contributed by atoms with E-state index in [0.717, 1.165) is 0 Å². The molecule has 0 saturated carbocycles. The maximum Gasteiger partial charge on any atom is 0.274 e. The van der Waals surface area contributed by atoms with E-state index in [9.17, 15) is 14.9 Å². The highest BCUT2D eigenvalue weighted by molar-refractivity contribution is 5.91. The molecule has 0 unspecified atom stereocenters. The molecule has 0 saturated heterocycles. The van der Waals surface area contributed by atoms with Crippen LogP contribution in [0.25, 0.3) is 0 Å². The fraction of sp³-hybridized carbons (Fsp3) is 0.500. The Labute approximate surface area is 118 Å². The normalized spacial score (nSPS) is 10.3. The maximum atomic E-state index is 11.7. The van der Waals surface area contributed by atoms with E-state index in [2.05, 4.69) is 5.32 Å². The minimum Gasteiger partial charge on any atom is -0.382 e. The van der Waals surface area contributed by atoms with E-state index in [-0.39, 0.29) is 11.6 Å². The highest BCUT2D eigenvalue weighted by Gasteiger charge is 2.13. The first-order chi connectivity index (χ1) is 9.58. The van der Waals surface area contributed by atoms with E-state index >= 15 is 0 Å². The van der Waals surface area contributed by atoms with Gasteiger partial charge in [-0.25, -0.2) is 0 Å². The first-order valence-electron chi connectivity index (χ1n) is 6.73. The SMILES string of the molecule is CCOCCCC(=O)Nc1ccc(CC)c([N+](=O)[O-])c1. The number of nitrogens with one attached hydrogen (secondary N) is 1. The van der Waals surface area contributed by atoms with E-state index in [1.54, 1.807) is 12.1 Å². The van der Waals surface area contributed by atoms with E-state index < -0.39 is 4.92 Å². The third-order valence-electron chi connectivity index (χ3n) is 2.84. The second kappa shape index (κ2) is 8.27. The van der Waals surface area contributed by atoms with Gasteiger partial charge in [-0.15, -0.1) is 0 Å². The molecule has 6 heteroatoms. The number of nitro benzene ring substituents is 1. The summed E-state index contributed by atoms with van der Waals surface area (Å²) in [5.41, 5.74) is 1.15. The number of nitro groups is 1. The van der Waals surface area contributed by atoms with Crippen molar-refractivity contribution in [3.63, 3.8) is 0 Å². The van der Waals surface area contributed by atoms with Crippen LogP contribution in [0, 0.1) is 10.1 Å². The molecule has 1 rings (SSSR count). The molecule has 0 radical (unpaired) electrons. The summed E-state index contributed by atoms with van der Waals surface area (Å²) in [6.07, 6.45) is 1.55. The average molecular weight is 280 g/mol. The maximum absolute atomic E-state index is 11.7. The number of carbonyl (C=O) groups excluding carboxylic acids is 1. The highest BCUT2D eigenvalue weighted by atomic mass is 16.6. The van der Waals surface area contributed by atoms with Gasteiger partial charge in [-0.2, -0.15) is 0 Å². The molecular weight excluding hydrogens is 260 g/mol. The Morgan fingerprint density at radius 3 is 2.75 bits per heavy atom. The summed E-state index contributed by atoms with van der Waals surface area (Å²) in [5, 5.41) is 13.6. The summed E-state index contributed by atoms with van der Waals surface area (Å²) in [5.74, 6) is -0.164. The Bertz CT molecular complexity index is 474. The number of rotatable bonds is 8. The van der Waals surface area contributed by atoms with Crippen LogP contribution in [0.1, 0.15) is 32.3 Å². The third-order valence-corrected chi connectivity index (χ3v) is 2.84. The van der Waals surface area contributed by atoms with Crippen molar-refractivity contribution in [3.05, 3.63) is 33.9 Å². The van der Waals surface area contributed by atoms with Crippen LogP contribution < -0.4 is 5.32 Å². The van der Waals surface area contributed by atoms with Crippen molar-refractivity contribution >= 4 is 17.3 Å². The lowest BCUT2D eigenvalue weighted by atomic mass is 10.1. The summed E-state index contributed by atoms with van der Waals surface area (Å²) in [6, 6.07) is 4.76. The first kappa shape index (κ1) is 16.1. The van der Waals surface area contributed by atoms with Gasteiger partial charge in [0.1, 0.15) is 0 Å². The largest absolute Gasteiger partial charge is 0.382 e. The van der Waals surface area contributed by atoms with E-state index in [1.807, 2.05) is 13.8 Å². The zero-order valence-corrected chi connectivity index (χ0v) is 11.8. The highest BCUT2D eigenvalue weighted by Crippen LogP contribution is 2.23. The number of carbonyl (C=O) groups is 1. The minimum absolute atomic E-state index is 0.0413. The van der Waals surface area contributed by atoms with Crippen molar-refractivity contribution in [2.75, 3.05) is 18.5 Å². The van der Waals surface area contributed by atoms with Gasteiger partial charge in [0.25, 0.3) is 5.69 Å². The van der Waals surface area contributed by atoms with Crippen LogP contribution in [0.3, 0.4) is 0 Å². The van der Waals surface area contributed by atoms with Gasteiger partial charge >= 0.3 is 0 Å². The van der Waals surface area contributed by atoms with Gasteiger partial charge in [-0.3, -0.25) is 14.9 Å². The van der Waals surface area contributed by atoms with E-state index in [0.29, 0.717) is 43.7 Å². The molecule has 0 fully saturated rings. The zero-order chi connectivity index (χ0) is 15.0. The molecular formula is C14H20N2O4. The monoisotopic (exact) mass is 280 g/mol. The Balaban J connectivity index is 2.61. The molecule has 0 atom stereocenters. The third kappa shape index (κ3) is 4.97. The molecule has 0 heterocycles. The molecule has 0 aromatic heterocycles. The lowest BCUT2D eigenvalue weighted by molar-refractivity contribution is -0.385. The van der Waals surface area contributed by atoms with Gasteiger partial charge in [-0.1, -0.05) is 13.0 Å². The number of hydrogen-bond donors (Lipinski definition) is 1. The van der Waals surface area contributed by atoms with Crippen molar-refractivity contribution in [1.82, 2.24) is 0 Å². The second-order valence-corrected chi connectivity index (χ2v) is 4.30. The Kier molecular flexibility index (Phi) is 6.66. The Morgan fingerprint density at radius 2 is 2.15 bits per heavy atom. The Morgan fingerprint density at radius 1 is 1.40 bits per heavy atom. The number of aryl methyl sites for hydroxylation is 1. The van der Waals surface area contributed by atoms with Crippen molar-refractivity contribution in [3.8, 4) is 0 Å². The molecule has 1 N–H and O–H groups in total. The Hall–Kier alpha value is -1.95. The average Bonchev–Trinajstić information content (AvgIpc) is 2.43. The summed E-state index contributed by atoms with van der Waals surface area (Å²) in [7, 11) is 0. The van der Waals surface area contributed by atoms with Crippen LogP contribution in [0.4, 0.5) is 11.4 Å². The smallest absolute Gasteiger partial charge is 0.274 e. The molecule has 20 heavy (non-hydrogen) atoms. The summed E-state index contributed by atoms with van der Waals surface area (Å²) >= 11 is 0. The number of ether oxygens (including phenoxy) is 1. The predicted molar refractivity (Wildman–Crippen MR) is 76.8 cm³/mol. The van der Waals surface area contributed by atoms with Crippen LogP contribution in [-0.2, 0) is 16.0 Å². The number of anilines is 1. The molecule has 0 spiro atoms. The van der Waals surface area contributed by atoms with Crippen molar-refractivity contribution in [1.29, 1.82) is 0 Å². The lowest BCUT2D eigenvalue weighted by Crippen LogP contribution is -2.12. The van der Waals surface area contributed by atoms with Gasteiger partial charge in [0.05, 0.1) is 4.92 Å². The number of hydrogen-bond acceptors (Lipinski definition) is 4. The lowest BCUT2D eigenvalue weighted by Gasteiger charge is -2.07. The topological polar surface area (TPSA) is 81.5 Å². The van der Waals surface area contributed by atoms with Crippen molar-refractivity contribution < 1.29 is 14.5 Å². The zero-order valence-electron chi connectivity index (χ0n) is 11.8. The van der Waals surface area contributed by atoms with Crippen LogP contribution in [0.15, 0.2) is 18.2 Å². The fourth-order valence-corrected chi connectivity index (χ4v) is 1.81. The van der Waals surface area contributed by atoms with Crippen LogP contribution in [0.2, 0.25) is 0 Å². The van der Waals surface area contributed by atoms with Crippen LogP contribution >= 0.6 is 0 Å². The van der Waals surface area contributed by atoms with Crippen LogP contribution in [-0.4, -0.2) is 24.0 Å². The van der Waals surface area contributed by atoms with Crippen molar-refractivity contribution in [2.24, 2.45) is 0 Å². The molecule has 6 nitrogen and oxygen atoms in total. The van der Waals surface area contributed by atoms with E-state index in [1.165, 1.54) is 6.07 Å². The van der Waals surface area contributed by atoms with Gasteiger partial charge in [-0.05, 0) is 25.8 Å². The summed E-state index contributed by atoms with van der Waals surface area (Å²) in [4.78, 5) is 22.2. The van der Waals surface area contributed by atoms with Crippen LogP contribution in [0.5, 0.6) is 0 Å². The van der Waals surface area contributed by atoms with Gasteiger partial charge in [0, 0.05) is 37.0 Å². The quantitative estimate of drug-likeness (QED) is 0.451. The van der Waals surface area contributed by atoms with Gasteiger partial charge in [0.15, 0.2) is 0 Å². The molecule has 0 bridgehead atoms. The van der Waals surface area contributed by atoms with E-state index in [4.69, 9.17) is 4.74 Å². The number of amides is 1. The predicted octanol–water partition coefficient (Wildman–Crippen LogP) is 2.91. The van der Waals surface area contributed by atoms with Gasteiger partial charge < -0.3 is 10.1 Å². The summed E-state index contributed by atoms with van der Waals surface area (Å²) in [6.45, 7) is 4.92. The van der Waals surface area contributed by atoms with Gasteiger partial charge in [0.2, 0.25) is 5.91 Å². The fourth-order valence-electron chi connectivity index (χ4n) is 1.81. The molecule has 0 aliphatic rings. The summed E-state index contributed by atoms with van der Waals surface area (Å²) < 4.78 is 5.15. The number of nitrogens with zero attached hydrogens (tertiary/aromatic N) is 1. The molecule has 1 amide bonds. The number of benzene rings is 1. The molecule has 110 valence electrons. The minimum atomic E-state index is -0.427. The molecule has 1 aromatic rings. The molecule has 0 aliphatic heterocycles. The first-order valence-corrected chi connectivity index (χ1v) is 6.73. The standard InChI is InChI=1S/C14H20N2O4/c1-3-11-7-8-12(10-13(11)16(18)19)15-14(17)6-5-9-20-4-2/h7-8,10H,3-6,9H2,1-2H3,(H,15,17). The van der Waals surface area contributed by atoms with Crippen molar-refractivity contribution in [2.45, 2.75) is 33.1 Å². The molecule has 0 aliphatic carbocycles. The molecule has 1 aromatic carbocycles. The second-order valence-electron chi connectivity index (χ2n) is 4.30.